The average Bonchev–Trinajstić information content (AvgIpc) is 2.64. The number of hydrogen-bond acceptors (Lipinski definition) is 3. The number of anilines is 1. The highest BCUT2D eigenvalue weighted by Gasteiger charge is 2.29. The predicted molar refractivity (Wildman–Crippen MR) is 70.2 cm³/mol. The lowest BCUT2D eigenvalue weighted by Crippen LogP contribution is -2.45. The van der Waals surface area contributed by atoms with Gasteiger partial charge in [-0.15, -0.1) is 0 Å². The van der Waals surface area contributed by atoms with Crippen LogP contribution in [0.2, 0.25) is 0 Å². The van der Waals surface area contributed by atoms with Gasteiger partial charge in [0, 0.05) is 11.7 Å². The van der Waals surface area contributed by atoms with Crippen molar-refractivity contribution in [1.82, 2.24) is 5.32 Å². The molecule has 90 valence electrons. The van der Waals surface area contributed by atoms with E-state index in [0.717, 1.165) is 12.1 Å². The highest BCUT2D eigenvalue weighted by atomic mass is 32.1. The number of carbonyl (C=O) groups excluding carboxylic acids is 1. The number of benzene rings is 1. The molecular weight excluding hydrogens is 236 g/mol. The number of nitrogens with zero attached hydrogens (tertiary/aromatic N) is 1. The molecule has 1 atom stereocenters. The summed E-state index contributed by atoms with van der Waals surface area (Å²) in [6.45, 7) is 2.07. The molecule has 0 aliphatic carbocycles. The van der Waals surface area contributed by atoms with Gasteiger partial charge in [0.05, 0.1) is 7.11 Å². The highest BCUT2D eigenvalue weighted by Crippen LogP contribution is 2.31. The van der Waals surface area contributed by atoms with E-state index in [1.807, 2.05) is 23.1 Å². The van der Waals surface area contributed by atoms with Gasteiger partial charge in [-0.1, -0.05) is 18.2 Å². The second-order valence-electron chi connectivity index (χ2n) is 3.97. The maximum atomic E-state index is 11.2. The van der Waals surface area contributed by atoms with Gasteiger partial charge in [0.1, 0.15) is 0 Å². The molecule has 1 N–H and O–H groups in total. The van der Waals surface area contributed by atoms with Crippen LogP contribution in [0.3, 0.4) is 0 Å². The lowest BCUT2D eigenvalue weighted by atomic mass is 10.1. The van der Waals surface area contributed by atoms with Gasteiger partial charge in [-0.05, 0) is 37.2 Å². The zero-order valence-electron chi connectivity index (χ0n) is 9.77. The summed E-state index contributed by atoms with van der Waals surface area (Å²) in [6, 6.07) is 8.30. The molecule has 2 rings (SSSR count). The standard InChI is InChI=1S/C12H14N2O2S/c1-8-7-9-5-3-4-6-10(9)14(8)11(17)13-12(15)16-2/h3-6,8H,7H2,1-2H3,(H,13,15,17). The predicted octanol–water partition coefficient (Wildman–Crippen LogP) is 2.08. The molecule has 0 spiro atoms. The number of thiocarbonyl (C=S) groups is 1. The van der Waals surface area contributed by atoms with E-state index in [0.29, 0.717) is 5.11 Å². The minimum Gasteiger partial charge on any atom is -0.453 e. The summed E-state index contributed by atoms with van der Waals surface area (Å²) in [5.74, 6) is 0. The fourth-order valence-corrected chi connectivity index (χ4v) is 2.44. The monoisotopic (exact) mass is 250 g/mol. The van der Waals surface area contributed by atoms with E-state index in [1.165, 1.54) is 12.7 Å². The van der Waals surface area contributed by atoms with E-state index < -0.39 is 6.09 Å². The van der Waals surface area contributed by atoms with Gasteiger partial charge in [0.25, 0.3) is 0 Å². The number of hydrogen-bond donors (Lipinski definition) is 1. The third-order valence-corrected chi connectivity index (χ3v) is 3.12. The van der Waals surface area contributed by atoms with Crippen molar-refractivity contribution in [3.63, 3.8) is 0 Å². The van der Waals surface area contributed by atoms with E-state index >= 15 is 0 Å². The first-order valence-corrected chi connectivity index (χ1v) is 5.80. The number of amides is 1. The number of rotatable bonds is 0. The van der Waals surface area contributed by atoms with Gasteiger partial charge < -0.3 is 9.64 Å². The Hall–Kier alpha value is -1.62. The first kappa shape index (κ1) is 11.9. The molecule has 1 amide bonds. The number of methoxy groups -OCH3 is 1. The topological polar surface area (TPSA) is 41.6 Å². The van der Waals surface area contributed by atoms with E-state index in [4.69, 9.17) is 12.2 Å². The van der Waals surface area contributed by atoms with Gasteiger partial charge in [-0.2, -0.15) is 0 Å². The molecule has 5 heteroatoms. The zero-order valence-corrected chi connectivity index (χ0v) is 10.6. The third-order valence-electron chi connectivity index (χ3n) is 2.82. The Morgan fingerprint density at radius 2 is 2.24 bits per heavy atom. The molecule has 0 radical (unpaired) electrons. The molecule has 1 heterocycles. The van der Waals surface area contributed by atoms with Crippen molar-refractivity contribution in [2.24, 2.45) is 0 Å². The van der Waals surface area contributed by atoms with Gasteiger partial charge in [-0.25, -0.2) is 4.79 Å². The average molecular weight is 250 g/mol. The van der Waals surface area contributed by atoms with Crippen molar-refractivity contribution < 1.29 is 9.53 Å². The van der Waals surface area contributed by atoms with Crippen LogP contribution in [0.25, 0.3) is 0 Å². The third kappa shape index (κ3) is 2.24. The Morgan fingerprint density at radius 1 is 1.53 bits per heavy atom. The quantitative estimate of drug-likeness (QED) is 0.716. The van der Waals surface area contributed by atoms with Crippen molar-refractivity contribution in [3.05, 3.63) is 29.8 Å². The van der Waals surface area contributed by atoms with E-state index in [2.05, 4.69) is 23.0 Å². The maximum Gasteiger partial charge on any atom is 0.413 e. The number of nitrogens with one attached hydrogen (secondary N) is 1. The minimum absolute atomic E-state index is 0.247. The Kier molecular flexibility index (Phi) is 3.28. The molecule has 1 aliphatic rings. The van der Waals surface area contributed by atoms with Crippen LogP contribution in [-0.4, -0.2) is 24.4 Å². The van der Waals surface area contributed by atoms with Gasteiger partial charge >= 0.3 is 6.09 Å². The summed E-state index contributed by atoms with van der Waals surface area (Å²) in [6.07, 6.45) is 0.394. The molecule has 1 aliphatic heterocycles. The van der Waals surface area contributed by atoms with Crippen molar-refractivity contribution in [2.75, 3.05) is 12.0 Å². The van der Waals surface area contributed by atoms with Crippen LogP contribution in [0.15, 0.2) is 24.3 Å². The highest BCUT2D eigenvalue weighted by molar-refractivity contribution is 7.80. The Morgan fingerprint density at radius 3 is 2.94 bits per heavy atom. The number of carbonyl (C=O) groups is 1. The largest absolute Gasteiger partial charge is 0.453 e. The molecule has 0 bridgehead atoms. The summed E-state index contributed by atoms with van der Waals surface area (Å²) in [4.78, 5) is 13.1. The van der Waals surface area contributed by atoms with E-state index in [1.54, 1.807) is 0 Å². The molecule has 0 saturated carbocycles. The van der Waals surface area contributed by atoms with Crippen LogP contribution in [0.1, 0.15) is 12.5 Å². The van der Waals surface area contributed by atoms with E-state index in [-0.39, 0.29) is 6.04 Å². The molecule has 1 aromatic rings. The molecule has 0 aromatic heterocycles. The molecule has 1 unspecified atom stereocenters. The Bertz CT molecular complexity index is 462. The summed E-state index contributed by atoms with van der Waals surface area (Å²) < 4.78 is 4.54. The number of alkyl carbamates (subject to hydrolysis) is 1. The number of ether oxygens (including phenoxy) is 1. The summed E-state index contributed by atoms with van der Waals surface area (Å²) in [5.41, 5.74) is 2.30. The van der Waals surface area contributed by atoms with Crippen molar-refractivity contribution in [3.8, 4) is 0 Å². The fourth-order valence-electron chi connectivity index (χ4n) is 2.07. The van der Waals surface area contributed by atoms with Crippen molar-refractivity contribution in [2.45, 2.75) is 19.4 Å². The van der Waals surface area contributed by atoms with Crippen LogP contribution in [-0.2, 0) is 11.2 Å². The molecule has 1 aromatic carbocycles. The zero-order chi connectivity index (χ0) is 12.4. The van der Waals surface area contributed by atoms with Crippen LogP contribution in [0.4, 0.5) is 10.5 Å². The molecular formula is C12H14N2O2S. The van der Waals surface area contributed by atoms with Gasteiger partial charge in [-0.3, -0.25) is 5.32 Å². The summed E-state index contributed by atoms with van der Waals surface area (Å²) in [7, 11) is 1.32. The fraction of sp³-hybridized carbons (Fsp3) is 0.333. The lowest BCUT2D eigenvalue weighted by molar-refractivity contribution is 0.177. The number of fused-ring (bicyclic) bond motifs is 1. The first-order valence-electron chi connectivity index (χ1n) is 5.39. The SMILES string of the molecule is COC(=O)NC(=S)N1c2ccccc2CC1C. The molecule has 0 fully saturated rings. The van der Waals surface area contributed by atoms with Gasteiger partial charge in [0.2, 0.25) is 0 Å². The summed E-state index contributed by atoms with van der Waals surface area (Å²) in [5, 5.41) is 2.92. The van der Waals surface area contributed by atoms with Gasteiger partial charge in [0.15, 0.2) is 5.11 Å². The second-order valence-corrected chi connectivity index (χ2v) is 4.36. The summed E-state index contributed by atoms with van der Waals surface area (Å²) >= 11 is 5.22. The molecule has 4 nitrogen and oxygen atoms in total. The number of para-hydroxylation sites is 1. The first-order chi connectivity index (χ1) is 8.13. The van der Waals surface area contributed by atoms with Crippen LogP contribution in [0.5, 0.6) is 0 Å². The normalized spacial score (nSPS) is 17.5. The van der Waals surface area contributed by atoms with Crippen LogP contribution in [0, 0.1) is 0 Å². The maximum absolute atomic E-state index is 11.2. The smallest absolute Gasteiger partial charge is 0.413 e. The Balaban J connectivity index is 2.21. The van der Waals surface area contributed by atoms with Crippen molar-refractivity contribution >= 4 is 29.1 Å². The van der Waals surface area contributed by atoms with E-state index in [9.17, 15) is 4.79 Å². The minimum atomic E-state index is -0.536. The van der Waals surface area contributed by atoms with Crippen molar-refractivity contribution in [1.29, 1.82) is 0 Å². The van der Waals surface area contributed by atoms with Crippen LogP contribution < -0.4 is 10.2 Å². The molecule has 0 saturated heterocycles. The lowest BCUT2D eigenvalue weighted by Gasteiger charge is -2.24. The van der Waals surface area contributed by atoms with Crippen LogP contribution >= 0.6 is 12.2 Å². The second kappa shape index (κ2) is 4.71. The molecule has 17 heavy (non-hydrogen) atoms. The Labute approximate surface area is 106 Å².